The third-order valence-corrected chi connectivity index (χ3v) is 4.33. The van der Waals surface area contributed by atoms with E-state index in [1.807, 2.05) is 0 Å². The van der Waals surface area contributed by atoms with Crippen LogP contribution in [-0.4, -0.2) is 39.4 Å². The molecule has 1 aliphatic rings. The summed E-state index contributed by atoms with van der Waals surface area (Å²) in [5.74, 6) is 0.952. The van der Waals surface area contributed by atoms with E-state index in [0.29, 0.717) is 23.0 Å². The summed E-state index contributed by atoms with van der Waals surface area (Å²) in [6, 6.07) is 9.77. The second kappa shape index (κ2) is 9.09. The average molecular weight is 398 g/mol. The summed E-state index contributed by atoms with van der Waals surface area (Å²) < 4.78 is 21.2. The van der Waals surface area contributed by atoms with Crippen molar-refractivity contribution < 1.29 is 28.5 Å². The quantitative estimate of drug-likeness (QED) is 0.318. The van der Waals surface area contributed by atoms with Crippen LogP contribution < -0.4 is 24.4 Å². The number of carbonyl (C=O) groups excluding carboxylic acids is 2. The van der Waals surface area contributed by atoms with Crippen molar-refractivity contribution in [1.82, 2.24) is 5.43 Å². The molecule has 0 aliphatic heterocycles. The third kappa shape index (κ3) is 5.04. The van der Waals surface area contributed by atoms with Crippen molar-refractivity contribution in [3.05, 3.63) is 47.5 Å². The number of hydrazone groups is 1. The lowest BCUT2D eigenvalue weighted by atomic mass is 10.2. The number of esters is 1. The third-order valence-electron chi connectivity index (χ3n) is 4.33. The van der Waals surface area contributed by atoms with Crippen molar-refractivity contribution in [1.29, 1.82) is 0 Å². The van der Waals surface area contributed by atoms with Gasteiger partial charge in [-0.2, -0.15) is 5.10 Å². The first-order valence-electron chi connectivity index (χ1n) is 9.01. The molecule has 0 heterocycles. The molecule has 0 radical (unpaired) electrons. The Bertz CT molecular complexity index is 894. The van der Waals surface area contributed by atoms with Gasteiger partial charge in [0, 0.05) is 5.92 Å². The fraction of sp³-hybridized carbons (Fsp3) is 0.286. The van der Waals surface area contributed by atoms with E-state index in [1.165, 1.54) is 39.7 Å². The van der Waals surface area contributed by atoms with Crippen LogP contribution in [0, 0.1) is 5.92 Å². The minimum Gasteiger partial charge on any atom is -0.493 e. The molecule has 0 unspecified atom stereocenters. The minimum atomic E-state index is -0.567. The maximum absolute atomic E-state index is 12.5. The molecule has 8 heteroatoms. The van der Waals surface area contributed by atoms with Gasteiger partial charge < -0.3 is 18.9 Å². The zero-order chi connectivity index (χ0) is 20.8. The molecule has 0 saturated heterocycles. The zero-order valence-electron chi connectivity index (χ0n) is 16.4. The molecular formula is C21H22N2O6. The van der Waals surface area contributed by atoms with Gasteiger partial charge in [0.1, 0.15) is 5.75 Å². The van der Waals surface area contributed by atoms with Crippen LogP contribution >= 0.6 is 0 Å². The van der Waals surface area contributed by atoms with Gasteiger partial charge in [0.25, 0.3) is 0 Å². The van der Waals surface area contributed by atoms with Gasteiger partial charge in [0.2, 0.25) is 11.7 Å². The number of hydrogen-bond donors (Lipinski definition) is 1. The van der Waals surface area contributed by atoms with Gasteiger partial charge >= 0.3 is 5.97 Å². The Kier molecular flexibility index (Phi) is 6.33. The van der Waals surface area contributed by atoms with E-state index < -0.39 is 5.97 Å². The molecule has 2 aromatic carbocycles. The molecule has 2 aromatic rings. The molecule has 1 fully saturated rings. The number of hydrogen-bond acceptors (Lipinski definition) is 7. The number of amides is 1. The Hall–Kier alpha value is -3.55. The van der Waals surface area contributed by atoms with E-state index in [-0.39, 0.29) is 17.4 Å². The van der Waals surface area contributed by atoms with Gasteiger partial charge in [0.15, 0.2) is 11.5 Å². The molecule has 0 aromatic heterocycles. The van der Waals surface area contributed by atoms with E-state index in [2.05, 4.69) is 10.5 Å². The first kappa shape index (κ1) is 20.2. The highest BCUT2D eigenvalue weighted by Gasteiger charge is 2.29. The summed E-state index contributed by atoms with van der Waals surface area (Å²) in [6.07, 6.45) is 3.38. The van der Waals surface area contributed by atoms with Crippen molar-refractivity contribution in [2.75, 3.05) is 21.3 Å². The number of nitrogens with zero attached hydrogens (tertiary/aromatic N) is 1. The molecule has 152 valence electrons. The van der Waals surface area contributed by atoms with Gasteiger partial charge in [-0.15, -0.1) is 0 Å². The summed E-state index contributed by atoms with van der Waals surface area (Å²) >= 11 is 0. The molecule has 3 rings (SSSR count). The van der Waals surface area contributed by atoms with Crippen LogP contribution in [0.4, 0.5) is 0 Å². The van der Waals surface area contributed by atoms with Crippen LogP contribution in [-0.2, 0) is 4.79 Å². The molecule has 1 N–H and O–H groups in total. The van der Waals surface area contributed by atoms with E-state index in [4.69, 9.17) is 18.9 Å². The monoisotopic (exact) mass is 398 g/mol. The average Bonchev–Trinajstić information content (AvgIpc) is 3.59. The number of ether oxygens (including phenoxy) is 4. The first-order valence-corrected chi connectivity index (χ1v) is 9.01. The maximum Gasteiger partial charge on any atom is 0.343 e. The number of rotatable bonds is 8. The standard InChI is InChI=1S/C21H22N2O6/c1-26-17-10-15(11-18(27-2)19(17)28-3)21(25)29-16-8-4-13(5-9-16)12-22-23-20(24)14-6-7-14/h4-5,8-12,14H,6-7H2,1-3H3,(H,23,24)/b22-12-. The SMILES string of the molecule is COc1cc(C(=O)Oc2ccc(/C=N\NC(=O)C3CC3)cc2)cc(OC)c1OC. The minimum absolute atomic E-state index is 0.0582. The van der Waals surface area contributed by atoms with Crippen molar-refractivity contribution in [2.45, 2.75) is 12.8 Å². The van der Waals surface area contributed by atoms with Gasteiger partial charge in [0.05, 0.1) is 33.1 Å². The summed E-state index contributed by atoms with van der Waals surface area (Å²) in [5, 5.41) is 3.92. The Balaban J connectivity index is 1.66. The van der Waals surface area contributed by atoms with Crippen molar-refractivity contribution in [3.63, 3.8) is 0 Å². The first-order chi connectivity index (χ1) is 14.0. The zero-order valence-corrected chi connectivity index (χ0v) is 16.4. The Morgan fingerprint density at radius 1 is 1.00 bits per heavy atom. The predicted octanol–water partition coefficient (Wildman–Crippen LogP) is 2.79. The lowest BCUT2D eigenvalue weighted by molar-refractivity contribution is -0.122. The van der Waals surface area contributed by atoms with Gasteiger partial charge in [-0.05, 0) is 54.8 Å². The second-order valence-corrected chi connectivity index (χ2v) is 6.38. The Morgan fingerprint density at radius 2 is 1.62 bits per heavy atom. The van der Waals surface area contributed by atoms with Crippen LogP contribution in [0.3, 0.4) is 0 Å². The molecule has 1 saturated carbocycles. The topological polar surface area (TPSA) is 95.5 Å². The van der Waals surface area contributed by atoms with Crippen LogP contribution in [0.15, 0.2) is 41.5 Å². The number of carbonyl (C=O) groups is 2. The largest absolute Gasteiger partial charge is 0.493 e. The van der Waals surface area contributed by atoms with E-state index in [0.717, 1.165) is 18.4 Å². The molecule has 0 atom stereocenters. The molecule has 1 amide bonds. The van der Waals surface area contributed by atoms with Crippen molar-refractivity contribution in [2.24, 2.45) is 11.0 Å². The van der Waals surface area contributed by atoms with Crippen LogP contribution in [0.5, 0.6) is 23.0 Å². The highest BCUT2D eigenvalue weighted by atomic mass is 16.5. The number of benzene rings is 2. The summed E-state index contributed by atoms with van der Waals surface area (Å²) in [6.45, 7) is 0. The predicted molar refractivity (Wildman–Crippen MR) is 106 cm³/mol. The Morgan fingerprint density at radius 3 is 2.14 bits per heavy atom. The van der Waals surface area contributed by atoms with Crippen LogP contribution in [0.1, 0.15) is 28.8 Å². The molecule has 1 aliphatic carbocycles. The molecule has 0 bridgehead atoms. The highest BCUT2D eigenvalue weighted by Crippen LogP contribution is 2.38. The molecule has 0 spiro atoms. The molecule has 29 heavy (non-hydrogen) atoms. The summed E-state index contributed by atoms with van der Waals surface area (Å²) in [7, 11) is 4.43. The molecular weight excluding hydrogens is 376 g/mol. The highest BCUT2D eigenvalue weighted by molar-refractivity contribution is 5.93. The van der Waals surface area contributed by atoms with Crippen molar-refractivity contribution >= 4 is 18.1 Å². The fourth-order valence-corrected chi connectivity index (χ4v) is 2.59. The smallest absolute Gasteiger partial charge is 0.343 e. The van der Waals surface area contributed by atoms with Crippen LogP contribution in [0.2, 0.25) is 0 Å². The van der Waals surface area contributed by atoms with E-state index >= 15 is 0 Å². The normalized spacial score (nSPS) is 13.1. The summed E-state index contributed by atoms with van der Waals surface area (Å²) in [5.41, 5.74) is 3.52. The maximum atomic E-state index is 12.5. The lowest BCUT2D eigenvalue weighted by Crippen LogP contribution is -2.18. The Labute approximate surface area is 168 Å². The summed E-state index contributed by atoms with van der Waals surface area (Å²) in [4.78, 5) is 24.0. The number of methoxy groups -OCH3 is 3. The van der Waals surface area contributed by atoms with E-state index in [9.17, 15) is 9.59 Å². The van der Waals surface area contributed by atoms with E-state index in [1.54, 1.807) is 24.3 Å². The van der Waals surface area contributed by atoms with Crippen molar-refractivity contribution in [3.8, 4) is 23.0 Å². The second-order valence-electron chi connectivity index (χ2n) is 6.38. The lowest BCUT2D eigenvalue weighted by Gasteiger charge is -2.13. The van der Waals surface area contributed by atoms with Gasteiger partial charge in [-0.1, -0.05) is 0 Å². The van der Waals surface area contributed by atoms with Gasteiger partial charge in [-0.25, -0.2) is 10.2 Å². The fourth-order valence-electron chi connectivity index (χ4n) is 2.59. The molecule has 8 nitrogen and oxygen atoms in total. The van der Waals surface area contributed by atoms with Crippen LogP contribution in [0.25, 0.3) is 0 Å². The number of nitrogens with one attached hydrogen (secondary N) is 1. The van der Waals surface area contributed by atoms with Gasteiger partial charge in [-0.3, -0.25) is 4.79 Å².